The number of carboxylic acid groups (broad SMARTS) is 1. The first-order valence-electron chi connectivity index (χ1n) is 9.67. The fourth-order valence-corrected chi connectivity index (χ4v) is 3.68. The molecule has 5 heteroatoms. The average Bonchev–Trinajstić information content (AvgIpc) is 2.92. The second-order valence-corrected chi connectivity index (χ2v) is 7.18. The number of aliphatic hydroxyl groups excluding tert-OH is 2. The summed E-state index contributed by atoms with van der Waals surface area (Å²) in [6.07, 6.45) is 5.64. The van der Waals surface area contributed by atoms with E-state index in [-0.39, 0.29) is 18.4 Å². The number of hydrogen-bond donors (Lipinski definition) is 3. The Morgan fingerprint density at radius 1 is 1.20 bits per heavy atom. The van der Waals surface area contributed by atoms with Crippen molar-refractivity contribution in [1.29, 1.82) is 0 Å². The first kappa shape index (κ1) is 21.9. The predicted octanol–water partition coefficient (Wildman–Crippen LogP) is 3.69. The predicted molar refractivity (Wildman–Crippen MR) is 95.8 cm³/mol. The van der Waals surface area contributed by atoms with Gasteiger partial charge in [0.25, 0.3) is 0 Å². The van der Waals surface area contributed by atoms with Gasteiger partial charge in [-0.25, -0.2) is 9.18 Å². The minimum atomic E-state index is -1.76. The zero-order chi connectivity index (χ0) is 18.7. The van der Waals surface area contributed by atoms with Gasteiger partial charge in [0.1, 0.15) is 6.10 Å². The second-order valence-electron chi connectivity index (χ2n) is 7.18. The molecule has 0 aromatic carbocycles. The van der Waals surface area contributed by atoms with Crippen LogP contribution in [0.5, 0.6) is 0 Å². The number of unbranched alkanes of at least 4 members (excludes halogenated alkanes) is 3. The molecule has 1 saturated carbocycles. The van der Waals surface area contributed by atoms with Crippen molar-refractivity contribution in [3.8, 4) is 11.8 Å². The van der Waals surface area contributed by atoms with Crippen LogP contribution >= 0.6 is 0 Å². The van der Waals surface area contributed by atoms with Crippen LogP contribution in [0.1, 0.15) is 77.6 Å². The van der Waals surface area contributed by atoms with Gasteiger partial charge < -0.3 is 15.3 Å². The van der Waals surface area contributed by atoms with E-state index in [4.69, 9.17) is 5.11 Å². The van der Waals surface area contributed by atoms with E-state index in [1.54, 1.807) is 0 Å². The van der Waals surface area contributed by atoms with Gasteiger partial charge in [-0.15, -0.1) is 5.92 Å². The molecular weight excluding hydrogens is 323 g/mol. The molecule has 0 bridgehead atoms. The second kappa shape index (κ2) is 12.3. The number of hydrogen-bond acceptors (Lipinski definition) is 3. The van der Waals surface area contributed by atoms with Crippen LogP contribution in [0.25, 0.3) is 0 Å². The van der Waals surface area contributed by atoms with Crippen LogP contribution in [0.4, 0.5) is 4.39 Å². The van der Waals surface area contributed by atoms with Crippen molar-refractivity contribution in [1.82, 2.24) is 0 Å². The zero-order valence-electron chi connectivity index (χ0n) is 15.3. The highest BCUT2D eigenvalue weighted by atomic mass is 19.1. The summed E-state index contributed by atoms with van der Waals surface area (Å²) in [6, 6.07) is 0. The molecule has 0 aromatic heterocycles. The van der Waals surface area contributed by atoms with Crippen LogP contribution in [0.2, 0.25) is 0 Å². The van der Waals surface area contributed by atoms with Gasteiger partial charge >= 0.3 is 5.97 Å². The van der Waals surface area contributed by atoms with Crippen LogP contribution in [-0.4, -0.2) is 39.7 Å². The van der Waals surface area contributed by atoms with Crippen LogP contribution in [0.15, 0.2) is 0 Å². The Balaban J connectivity index is 2.27. The fourth-order valence-electron chi connectivity index (χ4n) is 3.68. The Morgan fingerprint density at radius 3 is 2.64 bits per heavy atom. The third-order valence-corrected chi connectivity index (χ3v) is 5.15. The van der Waals surface area contributed by atoms with Gasteiger partial charge in [0, 0.05) is 6.42 Å². The van der Waals surface area contributed by atoms with E-state index in [2.05, 4.69) is 18.8 Å². The van der Waals surface area contributed by atoms with E-state index in [0.717, 1.165) is 51.4 Å². The molecule has 0 aliphatic heterocycles. The fraction of sp³-hybridized carbons (Fsp3) is 0.850. The highest BCUT2D eigenvalue weighted by Crippen LogP contribution is 2.38. The number of alkyl halides is 1. The number of halogens is 1. The van der Waals surface area contributed by atoms with Crippen LogP contribution < -0.4 is 0 Å². The molecule has 1 fully saturated rings. The Kier molecular flexibility index (Phi) is 10.8. The number of carbonyl (C=O) groups is 1. The monoisotopic (exact) mass is 356 g/mol. The lowest BCUT2D eigenvalue weighted by Crippen LogP contribution is -2.20. The summed E-state index contributed by atoms with van der Waals surface area (Å²) in [5.41, 5.74) is 0. The summed E-state index contributed by atoms with van der Waals surface area (Å²) in [5.74, 6) is 5.10. The van der Waals surface area contributed by atoms with Gasteiger partial charge in [0.2, 0.25) is 0 Å². The Bertz CT molecular complexity index is 443. The van der Waals surface area contributed by atoms with E-state index in [9.17, 15) is 19.4 Å². The summed E-state index contributed by atoms with van der Waals surface area (Å²) in [6.45, 7) is 2.06. The third-order valence-electron chi connectivity index (χ3n) is 5.15. The minimum absolute atomic E-state index is 0.0641. The average molecular weight is 356 g/mol. The lowest BCUT2D eigenvalue weighted by molar-refractivity contribution is -0.143. The topological polar surface area (TPSA) is 77.8 Å². The van der Waals surface area contributed by atoms with Gasteiger partial charge in [-0.1, -0.05) is 25.7 Å². The molecule has 1 aliphatic carbocycles. The molecule has 4 nitrogen and oxygen atoms in total. The van der Waals surface area contributed by atoms with E-state index >= 15 is 0 Å². The van der Waals surface area contributed by atoms with Crippen LogP contribution in [0.3, 0.4) is 0 Å². The first-order chi connectivity index (χ1) is 12.0. The molecule has 3 N–H and O–H groups in total. The summed E-state index contributed by atoms with van der Waals surface area (Å²) in [4.78, 5) is 10.4. The maximum absolute atomic E-state index is 13.0. The van der Waals surface area contributed by atoms with E-state index in [1.807, 2.05) is 0 Å². The maximum atomic E-state index is 13.0. The standard InChI is InChI=1S/C20H33FO4/c1-2-3-5-8-16(22)13-11-15-12-14-19(23)17(15)9-6-4-7-10-18(21)20(24)25/h15-19,22-23H,2-4,6-7,9-14H2,1H3,(H,24,25)/t15-,16?,17+,18?,19-/m0/s1. The van der Waals surface area contributed by atoms with E-state index < -0.39 is 18.2 Å². The molecule has 0 aromatic rings. The third kappa shape index (κ3) is 8.69. The molecule has 0 spiro atoms. The lowest BCUT2D eigenvalue weighted by atomic mass is 9.85. The van der Waals surface area contributed by atoms with Crippen molar-refractivity contribution in [2.45, 2.75) is 95.9 Å². The lowest BCUT2D eigenvalue weighted by Gasteiger charge is -2.22. The number of carboxylic acids is 1. The summed E-state index contributed by atoms with van der Waals surface area (Å²) < 4.78 is 13.0. The molecule has 1 aliphatic rings. The van der Waals surface area contributed by atoms with Gasteiger partial charge in [-0.3, -0.25) is 0 Å². The summed E-state index contributed by atoms with van der Waals surface area (Å²) >= 11 is 0. The molecule has 2 unspecified atom stereocenters. The smallest absolute Gasteiger partial charge is 0.338 e. The quantitative estimate of drug-likeness (QED) is 0.390. The Morgan fingerprint density at radius 2 is 1.96 bits per heavy atom. The maximum Gasteiger partial charge on any atom is 0.338 e. The van der Waals surface area contributed by atoms with Gasteiger partial charge in [0.05, 0.1) is 6.10 Å². The SMILES string of the molecule is CCCC#CC(O)CC[C@H]1CC[C@H](O)[C@@H]1CCCCCC(F)C(=O)O. The zero-order valence-corrected chi connectivity index (χ0v) is 15.3. The van der Waals surface area contributed by atoms with Crippen molar-refractivity contribution < 1.29 is 24.5 Å². The highest BCUT2D eigenvalue weighted by Gasteiger charge is 2.34. The normalized spacial score (nSPS) is 25.2. The largest absolute Gasteiger partial charge is 0.479 e. The molecule has 5 atom stereocenters. The first-order valence-corrected chi connectivity index (χ1v) is 9.67. The van der Waals surface area contributed by atoms with Gasteiger partial charge in [-0.2, -0.15) is 0 Å². The van der Waals surface area contributed by atoms with Crippen molar-refractivity contribution in [2.24, 2.45) is 11.8 Å². The van der Waals surface area contributed by atoms with Gasteiger partial charge in [0.15, 0.2) is 6.17 Å². The molecule has 0 radical (unpaired) electrons. The number of aliphatic hydroxyl groups is 2. The molecule has 0 amide bonds. The van der Waals surface area contributed by atoms with E-state index in [0.29, 0.717) is 18.8 Å². The minimum Gasteiger partial charge on any atom is -0.479 e. The molecule has 144 valence electrons. The van der Waals surface area contributed by atoms with E-state index in [1.165, 1.54) is 0 Å². The van der Waals surface area contributed by atoms with Crippen molar-refractivity contribution >= 4 is 5.97 Å². The molecule has 25 heavy (non-hydrogen) atoms. The van der Waals surface area contributed by atoms with Crippen LogP contribution in [0, 0.1) is 23.7 Å². The molecule has 1 rings (SSSR count). The summed E-state index contributed by atoms with van der Waals surface area (Å²) in [5, 5.41) is 28.6. The van der Waals surface area contributed by atoms with Crippen LogP contribution in [-0.2, 0) is 4.79 Å². The molecule has 0 heterocycles. The highest BCUT2D eigenvalue weighted by molar-refractivity contribution is 5.71. The van der Waals surface area contributed by atoms with Crippen molar-refractivity contribution in [2.75, 3.05) is 0 Å². The van der Waals surface area contributed by atoms with Crippen molar-refractivity contribution in [3.05, 3.63) is 0 Å². The summed E-state index contributed by atoms with van der Waals surface area (Å²) in [7, 11) is 0. The number of rotatable bonds is 11. The van der Waals surface area contributed by atoms with Crippen molar-refractivity contribution in [3.63, 3.8) is 0 Å². The Labute approximate surface area is 150 Å². The number of aliphatic carboxylic acids is 1. The Hall–Kier alpha value is -1.12. The molecule has 0 saturated heterocycles. The van der Waals surface area contributed by atoms with Gasteiger partial charge in [-0.05, 0) is 63.2 Å². The molecular formula is C20H33FO4.